The lowest BCUT2D eigenvalue weighted by Crippen LogP contribution is -2.11. The first kappa shape index (κ1) is 12.9. The first-order valence-corrected chi connectivity index (χ1v) is 7.22. The number of imidazole rings is 1. The molecule has 20 heavy (non-hydrogen) atoms. The molecule has 0 radical (unpaired) electrons. The molecule has 1 N–H and O–H groups in total. The van der Waals surface area contributed by atoms with Crippen LogP contribution in [-0.4, -0.2) is 29.3 Å². The van der Waals surface area contributed by atoms with Crippen LogP contribution in [0.25, 0.3) is 11.0 Å². The third kappa shape index (κ3) is 2.22. The summed E-state index contributed by atoms with van der Waals surface area (Å²) in [4.78, 5) is 23.4. The van der Waals surface area contributed by atoms with Gasteiger partial charge in [-0.05, 0) is 6.92 Å². The average Bonchev–Trinajstić information content (AvgIpc) is 3.04. The summed E-state index contributed by atoms with van der Waals surface area (Å²) in [6, 6.07) is 0. The molecule has 0 fully saturated rings. The largest absolute Gasteiger partial charge is 0.326 e. The molecular formula is C12H14N6OS. The maximum absolute atomic E-state index is 11.9. The standard InChI is InChI=1S/C12H14N6OS/c1-3-18-5-4-13-12(18)20-7-9-15-10-8(11(19)16-9)6-14-17(10)2/h4-6H,3,7H2,1-2H3,(H,15,16,19). The Kier molecular flexibility index (Phi) is 3.31. The van der Waals surface area contributed by atoms with E-state index in [0.717, 1.165) is 11.7 Å². The van der Waals surface area contributed by atoms with E-state index in [4.69, 9.17) is 0 Å². The Morgan fingerprint density at radius 3 is 3.10 bits per heavy atom. The smallest absolute Gasteiger partial charge is 0.262 e. The molecule has 3 heterocycles. The number of fused-ring (bicyclic) bond motifs is 1. The number of thioether (sulfide) groups is 1. The quantitative estimate of drug-likeness (QED) is 0.729. The van der Waals surface area contributed by atoms with E-state index in [2.05, 4.69) is 27.0 Å². The monoisotopic (exact) mass is 290 g/mol. The maximum atomic E-state index is 11.9. The second-order valence-electron chi connectivity index (χ2n) is 4.30. The molecule has 0 spiro atoms. The van der Waals surface area contributed by atoms with Crippen molar-refractivity contribution in [2.75, 3.05) is 0 Å². The summed E-state index contributed by atoms with van der Waals surface area (Å²) >= 11 is 1.55. The fourth-order valence-electron chi connectivity index (χ4n) is 1.96. The van der Waals surface area contributed by atoms with Gasteiger partial charge in [-0.1, -0.05) is 11.8 Å². The van der Waals surface area contributed by atoms with Crippen LogP contribution in [0.15, 0.2) is 28.5 Å². The Morgan fingerprint density at radius 1 is 1.45 bits per heavy atom. The lowest BCUT2D eigenvalue weighted by Gasteiger charge is -2.04. The molecule has 0 saturated carbocycles. The fourth-order valence-corrected chi connectivity index (χ4v) is 2.85. The zero-order valence-corrected chi connectivity index (χ0v) is 12.0. The molecule has 0 aromatic carbocycles. The molecule has 0 aliphatic heterocycles. The molecule has 0 saturated heterocycles. The first-order valence-electron chi connectivity index (χ1n) is 6.24. The number of H-pyrrole nitrogens is 1. The van der Waals surface area contributed by atoms with Gasteiger partial charge in [-0.15, -0.1) is 0 Å². The predicted molar refractivity (Wildman–Crippen MR) is 76.6 cm³/mol. The van der Waals surface area contributed by atoms with E-state index in [-0.39, 0.29) is 5.56 Å². The third-order valence-corrected chi connectivity index (χ3v) is 4.02. The van der Waals surface area contributed by atoms with Gasteiger partial charge >= 0.3 is 0 Å². The van der Waals surface area contributed by atoms with Crippen LogP contribution in [0.4, 0.5) is 0 Å². The van der Waals surface area contributed by atoms with Crippen molar-refractivity contribution in [3.63, 3.8) is 0 Å². The molecule has 3 rings (SSSR count). The van der Waals surface area contributed by atoms with Crippen molar-refractivity contribution in [2.45, 2.75) is 24.4 Å². The van der Waals surface area contributed by atoms with Gasteiger partial charge in [-0.2, -0.15) is 5.10 Å². The van der Waals surface area contributed by atoms with Crippen LogP contribution in [0.1, 0.15) is 12.7 Å². The van der Waals surface area contributed by atoms with E-state index in [9.17, 15) is 4.79 Å². The van der Waals surface area contributed by atoms with Gasteiger partial charge in [0.2, 0.25) is 0 Å². The molecule has 3 aromatic heterocycles. The lowest BCUT2D eigenvalue weighted by molar-refractivity contribution is 0.680. The summed E-state index contributed by atoms with van der Waals surface area (Å²) in [6.07, 6.45) is 5.23. The van der Waals surface area contributed by atoms with Crippen LogP contribution < -0.4 is 5.56 Å². The maximum Gasteiger partial charge on any atom is 0.262 e. The van der Waals surface area contributed by atoms with Crippen molar-refractivity contribution in [2.24, 2.45) is 7.05 Å². The van der Waals surface area contributed by atoms with Gasteiger partial charge in [0.25, 0.3) is 5.56 Å². The molecule has 3 aromatic rings. The Balaban J connectivity index is 1.88. The zero-order valence-electron chi connectivity index (χ0n) is 11.2. The molecule has 0 aliphatic carbocycles. The Labute approximate surface area is 119 Å². The van der Waals surface area contributed by atoms with Gasteiger partial charge in [0.1, 0.15) is 11.2 Å². The Morgan fingerprint density at radius 2 is 2.30 bits per heavy atom. The van der Waals surface area contributed by atoms with Crippen LogP contribution in [0.3, 0.4) is 0 Å². The summed E-state index contributed by atoms with van der Waals surface area (Å²) in [5, 5.41) is 5.47. The van der Waals surface area contributed by atoms with Gasteiger partial charge in [0, 0.05) is 26.0 Å². The van der Waals surface area contributed by atoms with E-state index < -0.39 is 0 Å². The van der Waals surface area contributed by atoms with Crippen LogP contribution >= 0.6 is 11.8 Å². The molecule has 0 aliphatic rings. The minimum absolute atomic E-state index is 0.155. The third-order valence-electron chi connectivity index (χ3n) is 3.01. The molecule has 7 nitrogen and oxygen atoms in total. The SMILES string of the molecule is CCn1ccnc1SCc1nc2c(cnn2C)c(=O)[nH]1. The lowest BCUT2D eigenvalue weighted by atomic mass is 10.4. The summed E-state index contributed by atoms with van der Waals surface area (Å²) in [5.41, 5.74) is 0.445. The summed E-state index contributed by atoms with van der Waals surface area (Å²) in [7, 11) is 1.77. The number of nitrogens with zero attached hydrogens (tertiary/aromatic N) is 5. The van der Waals surface area contributed by atoms with E-state index in [1.165, 1.54) is 6.20 Å². The second-order valence-corrected chi connectivity index (χ2v) is 5.25. The van der Waals surface area contributed by atoms with E-state index in [1.807, 2.05) is 10.8 Å². The van der Waals surface area contributed by atoms with Crippen LogP contribution in [-0.2, 0) is 19.3 Å². The van der Waals surface area contributed by atoms with Crippen molar-refractivity contribution in [3.8, 4) is 0 Å². The predicted octanol–water partition coefficient (Wildman–Crippen LogP) is 1.17. The molecule has 0 amide bonds. The molecule has 0 atom stereocenters. The molecular weight excluding hydrogens is 276 g/mol. The normalized spacial score (nSPS) is 11.3. The highest BCUT2D eigenvalue weighted by molar-refractivity contribution is 7.98. The fraction of sp³-hybridized carbons (Fsp3) is 0.333. The minimum Gasteiger partial charge on any atom is -0.326 e. The number of aryl methyl sites for hydroxylation is 2. The average molecular weight is 290 g/mol. The second kappa shape index (κ2) is 5.12. The molecule has 0 bridgehead atoms. The summed E-state index contributed by atoms with van der Waals surface area (Å²) < 4.78 is 3.65. The first-order chi connectivity index (χ1) is 9.69. The topological polar surface area (TPSA) is 81.4 Å². The highest BCUT2D eigenvalue weighted by atomic mass is 32.2. The van der Waals surface area contributed by atoms with Crippen LogP contribution in [0, 0.1) is 0 Å². The van der Waals surface area contributed by atoms with Crippen molar-refractivity contribution >= 4 is 22.8 Å². The number of hydrogen-bond acceptors (Lipinski definition) is 5. The van der Waals surface area contributed by atoms with Gasteiger partial charge in [-0.25, -0.2) is 9.97 Å². The van der Waals surface area contributed by atoms with E-state index in [0.29, 0.717) is 22.6 Å². The van der Waals surface area contributed by atoms with Crippen molar-refractivity contribution in [3.05, 3.63) is 34.8 Å². The Hall–Kier alpha value is -2.09. The van der Waals surface area contributed by atoms with Gasteiger partial charge < -0.3 is 9.55 Å². The number of hydrogen-bond donors (Lipinski definition) is 1. The summed E-state index contributed by atoms with van der Waals surface area (Å²) in [6.45, 7) is 2.93. The van der Waals surface area contributed by atoms with Gasteiger partial charge in [0.15, 0.2) is 10.8 Å². The van der Waals surface area contributed by atoms with Crippen molar-refractivity contribution in [1.82, 2.24) is 29.3 Å². The summed E-state index contributed by atoms with van der Waals surface area (Å²) in [5.74, 6) is 1.19. The van der Waals surface area contributed by atoms with Gasteiger partial charge in [0.05, 0.1) is 11.9 Å². The number of rotatable bonds is 4. The number of nitrogens with one attached hydrogen (secondary N) is 1. The highest BCUT2D eigenvalue weighted by Gasteiger charge is 2.09. The number of aromatic amines is 1. The molecule has 104 valence electrons. The van der Waals surface area contributed by atoms with Gasteiger partial charge in [-0.3, -0.25) is 9.48 Å². The zero-order chi connectivity index (χ0) is 14.1. The Bertz CT molecular complexity index is 802. The van der Waals surface area contributed by atoms with Crippen LogP contribution in [0.5, 0.6) is 0 Å². The number of aromatic nitrogens is 6. The highest BCUT2D eigenvalue weighted by Crippen LogP contribution is 2.19. The molecule has 8 heteroatoms. The van der Waals surface area contributed by atoms with E-state index in [1.54, 1.807) is 29.7 Å². The van der Waals surface area contributed by atoms with Crippen LogP contribution in [0.2, 0.25) is 0 Å². The molecule has 0 unspecified atom stereocenters. The van der Waals surface area contributed by atoms with E-state index >= 15 is 0 Å². The van der Waals surface area contributed by atoms with Crippen molar-refractivity contribution in [1.29, 1.82) is 0 Å². The minimum atomic E-state index is -0.155. The van der Waals surface area contributed by atoms with Crippen molar-refractivity contribution < 1.29 is 0 Å².